The van der Waals surface area contributed by atoms with Gasteiger partial charge in [0.05, 0.1) is 5.97 Å². The van der Waals surface area contributed by atoms with Gasteiger partial charge in [0.15, 0.2) is 0 Å². The van der Waals surface area contributed by atoms with Gasteiger partial charge in [-0.2, -0.15) is 0 Å². The molecule has 2 nitrogen and oxygen atoms in total. The fourth-order valence-corrected chi connectivity index (χ4v) is 1.30. The van der Waals surface area contributed by atoms with Crippen molar-refractivity contribution in [1.82, 2.24) is 0 Å². The van der Waals surface area contributed by atoms with E-state index in [0.29, 0.717) is 0 Å². The molecule has 0 radical (unpaired) electrons. The number of carbonyl (C=O) groups is 1. The summed E-state index contributed by atoms with van der Waals surface area (Å²) >= 11 is 0. The van der Waals surface area contributed by atoms with Gasteiger partial charge in [0.1, 0.15) is 0 Å². The van der Waals surface area contributed by atoms with Gasteiger partial charge >= 0.3 is 0 Å². The predicted octanol–water partition coefficient (Wildman–Crippen LogP) is 1.49. The van der Waals surface area contributed by atoms with Crippen LogP contribution in [0.5, 0.6) is 0 Å². The van der Waals surface area contributed by atoms with Crippen molar-refractivity contribution in [2.24, 2.45) is 0 Å². The van der Waals surface area contributed by atoms with Gasteiger partial charge in [-0.05, 0) is 24.0 Å². The molecule has 1 aromatic rings. The molecule has 0 N–H and O–H groups in total. The second kappa shape index (κ2) is 4.61. The third-order valence-electron chi connectivity index (χ3n) is 2.15. The first kappa shape index (κ1) is 10.5. The number of carboxylic acids is 1. The summed E-state index contributed by atoms with van der Waals surface area (Å²) in [5, 5.41) is 10.5. The monoisotopic (exact) mass is 189 g/mol. The Kier molecular flexibility index (Phi) is 3.46. The topological polar surface area (TPSA) is 40.1 Å². The van der Waals surface area contributed by atoms with Crippen LogP contribution >= 0.6 is 0 Å². The standard InChI is InChI=1S/C12H14O2/c1-9(8-10(2)12(13)14)11-6-4-3-5-7-11/h3-9H,1-2H3,(H,13,14)/p-1/b10-8+. The van der Waals surface area contributed by atoms with Crippen molar-refractivity contribution in [1.29, 1.82) is 0 Å². The zero-order valence-electron chi connectivity index (χ0n) is 8.36. The van der Waals surface area contributed by atoms with E-state index in [0.717, 1.165) is 5.56 Å². The highest BCUT2D eigenvalue weighted by atomic mass is 16.4. The van der Waals surface area contributed by atoms with Gasteiger partial charge in [0.25, 0.3) is 0 Å². The Labute approximate surface area is 83.9 Å². The average molecular weight is 189 g/mol. The second-order valence-corrected chi connectivity index (χ2v) is 3.34. The molecule has 0 aliphatic rings. The third kappa shape index (κ3) is 2.73. The van der Waals surface area contributed by atoms with E-state index >= 15 is 0 Å². The minimum atomic E-state index is -1.10. The quantitative estimate of drug-likeness (QED) is 0.676. The van der Waals surface area contributed by atoms with Crippen LogP contribution < -0.4 is 5.11 Å². The van der Waals surface area contributed by atoms with Gasteiger partial charge in [-0.15, -0.1) is 0 Å². The summed E-state index contributed by atoms with van der Waals surface area (Å²) in [7, 11) is 0. The Bertz CT molecular complexity index is 339. The molecule has 0 aliphatic carbocycles. The lowest BCUT2D eigenvalue weighted by Gasteiger charge is -2.09. The lowest BCUT2D eigenvalue weighted by Crippen LogP contribution is -2.23. The van der Waals surface area contributed by atoms with Gasteiger partial charge in [0.2, 0.25) is 0 Å². The summed E-state index contributed by atoms with van der Waals surface area (Å²) in [4.78, 5) is 10.5. The first-order valence-electron chi connectivity index (χ1n) is 4.56. The van der Waals surface area contributed by atoms with Crippen LogP contribution in [-0.2, 0) is 4.79 Å². The number of carbonyl (C=O) groups excluding carboxylic acids is 1. The number of carboxylic acid groups (broad SMARTS) is 1. The Balaban J connectivity index is 2.82. The molecule has 1 atom stereocenters. The van der Waals surface area contributed by atoms with Crippen molar-refractivity contribution in [3.8, 4) is 0 Å². The van der Waals surface area contributed by atoms with Crippen LogP contribution in [0.1, 0.15) is 25.3 Å². The van der Waals surface area contributed by atoms with Crippen LogP contribution in [0.3, 0.4) is 0 Å². The van der Waals surface area contributed by atoms with Crippen LogP contribution in [0, 0.1) is 0 Å². The minimum absolute atomic E-state index is 0.106. The maximum atomic E-state index is 10.5. The minimum Gasteiger partial charge on any atom is -0.545 e. The molecule has 0 saturated heterocycles. The molecular formula is C12H13O2-. The Hall–Kier alpha value is -1.57. The number of aliphatic carboxylic acids is 1. The van der Waals surface area contributed by atoms with E-state index in [2.05, 4.69) is 0 Å². The number of rotatable bonds is 3. The fourth-order valence-electron chi connectivity index (χ4n) is 1.30. The molecule has 0 aromatic heterocycles. The molecule has 1 aromatic carbocycles. The van der Waals surface area contributed by atoms with Crippen LogP contribution in [0.2, 0.25) is 0 Å². The Morgan fingerprint density at radius 1 is 1.36 bits per heavy atom. The normalized spacial score (nSPS) is 13.7. The molecule has 0 fully saturated rings. The predicted molar refractivity (Wildman–Crippen MR) is 53.6 cm³/mol. The fraction of sp³-hybridized carbons (Fsp3) is 0.250. The summed E-state index contributed by atoms with van der Waals surface area (Å²) in [6, 6.07) is 9.76. The molecule has 1 rings (SSSR count). The number of benzene rings is 1. The number of hydrogen-bond acceptors (Lipinski definition) is 2. The van der Waals surface area contributed by atoms with Gasteiger partial charge in [-0.25, -0.2) is 0 Å². The lowest BCUT2D eigenvalue weighted by atomic mass is 9.99. The first-order chi connectivity index (χ1) is 6.61. The van der Waals surface area contributed by atoms with Crippen molar-refractivity contribution in [3.63, 3.8) is 0 Å². The second-order valence-electron chi connectivity index (χ2n) is 3.34. The van der Waals surface area contributed by atoms with E-state index in [9.17, 15) is 9.90 Å². The smallest absolute Gasteiger partial charge is 0.0669 e. The highest BCUT2D eigenvalue weighted by Crippen LogP contribution is 2.17. The summed E-state index contributed by atoms with van der Waals surface area (Å²) in [5.74, 6) is -0.998. The van der Waals surface area contributed by atoms with E-state index in [1.165, 1.54) is 0 Å². The van der Waals surface area contributed by atoms with Crippen molar-refractivity contribution in [3.05, 3.63) is 47.5 Å². The van der Waals surface area contributed by atoms with Crippen LogP contribution in [-0.4, -0.2) is 5.97 Å². The van der Waals surface area contributed by atoms with E-state index in [-0.39, 0.29) is 11.5 Å². The van der Waals surface area contributed by atoms with Gasteiger partial charge < -0.3 is 9.90 Å². The van der Waals surface area contributed by atoms with Gasteiger partial charge in [0, 0.05) is 0 Å². The van der Waals surface area contributed by atoms with Gasteiger partial charge in [-0.3, -0.25) is 0 Å². The van der Waals surface area contributed by atoms with Crippen molar-refractivity contribution in [2.75, 3.05) is 0 Å². The SMILES string of the molecule is C/C(=C\C(C)c1ccccc1)C(=O)[O-]. The van der Waals surface area contributed by atoms with Crippen molar-refractivity contribution < 1.29 is 9.90 Å². The largest absolute Gasteiger partial charge is 0.545 e. The molecule has 0 saturated carbocycles. The van der Waals surface area contributed by atoms with Crippen LogP contribution in [0.25, 0.3) is 0 Å². The molecule has 0 heterocycles. The molecule has 0 spiro atoms. The summed E-state index contributed by atoms with van der Waals surface area (Å²) in [5.41, 5.74) is 1.38. The molecule has 1 unspecified atom stereocenters. The first-order valence-corrected chi connectivity index (χ1v) is 4.56. The zero-order chi connectivity index (χ0) is 10.6. The maximum Gasteiger partial charge on any atom is 0.0669 e. The van der Waals surface area contributed by atoms with Crippen molar-refractivity contribution >= 4 is 5.97 Å². The molecular weight excluding hydrogens is 176 g/mol. The zero-order valence-corrected chi connectivity index (χ0v) is 8.36. The van der Waals surface area contributed by atoms with Crippen molar-refractivity contribution in [2.45, 2.75) is 19.8 Å². The maximum absolute atomic E-state index is 10.5. The number of allylic oxidation sites excluding steroid dienone is 1. The van der Waals surface area contributed by atoms with Gasteiger partial charge in [-0.1, -0.05) is 43.3 Å². The average Bonchev–Trinajstić information content (AvgIpc) is 2.19. The molecule has 2 heteroatoms. The highest BCUT2D eigenvalue weighted by Gasteiger charge is 2.01. The van der Waals surface area contributed by atoms with E-state index < -0.39 is 5.97 Å². The summed E-state index contributed by atoms with van der Waals surface area (Å²) < 4.78 is 0. The molecule has 0 amide bonds. The Morgan fingerprint density at radius 3 is 2.43 bits per heavy atom. The van der Waals surface area contributed by atoms with E-state index in [1.54, 1.807) is 13.0 Å². The van der Waals surface area contributed by atoms with Crippen LogP contribution in [0.15, 0.2) is 42.0 Å². The lowest BCUT2D eigenvalue weighted by molar-refractivity contribution is -0.299. The summed E-state index contributed by atoms with van der Waals surface area (Å²) in [6.07, 6.45) is 1.70. The molecule has 0 aliphatic heterocycles. The third-order valence-corrected chi connectivity index (χ3v) is 2.15. The number of hydrogen-bond donors (Lipinski definition) is 0. The van der Waals surface area contributed by atoms with E-state index in [4.69, 9.17) is 0 Å². The summed E-state index contributed by atoms with van der Waals surface area (Å²) in [6.45, 7) is 3.51. The van der Waals surface area contributed by atoms with E-state index in [1.807, 2.05) is 37.3 Å². The highest BCUT2D eigenvalue weighted by molar-refractivity contribution is 5.84. The molecule has 14 heavy (non-hydrogen) atoms. The Morgan fingerprint density at radius 2 is 1.93 bits per heavy atom. The van der Waals surface area contributed by atoms with Crippen LogP contribution in [0.4, 0.5) is 0 Å². The molecule has 0 bridgehead atoms. The molecule has 74 valence electrons.